The smallest absolute Gasteiger partial charge is 0.247 e. The molecule has 6 heteroatoms. The molecule has 1 amide bonds. The van der Waals surface area contributed by atoms with Crippen LogP contribution in [0.15, 0.2) is 65.1 Å². The summed E-state index contributed by atoms with van der Waals surface area (Å²) in [4.78, 5) is 14.7. The fourth-order valence-corrected chi connectivity index (χ4v) is 3.42. The summed E-state index contributed by atoms with van der Waals surface area (Å²) in [5.41, 5.74) is 1.63. The minimum Gasteiger partial charge on any atom is -0.421 e. The summed E-state index contributed by atoms with van der Waals surface area (Å²) in [6, 6.07) is 19.1. The largest absolute Gasteiger partial charge is 0.421 e. The van der Waals surface area contributed by atoms with Crippen LogP contribution in [-0.2, 0) is 11.2 Å². The molecular formula is C25H31N3O3. The van der Waals surface area contributed by atoms with E-state index in [0.29, 0.717) is 37.6 Å². The number of nitrogens with zero attached hydrogens (tertiary/aromatic N) is 3. The van der Waals surface area contributed by atoms with E-state index >= 15 is 0 Å². The lowest BCUT2D eigenvalue weighted by Crippen LogP contribution is -2.40. The van der Waals surface area contributed by atoms with Crippen LogP contribution >= 0.6 is 0 Å². The van der Waals surface area contributed by atoms with Gasteiger partial charge in [-0.05, 0) is 29.5 Å². The van der Waals surface area contributed by atoms with Crippen molar-refractivity contribution in [3.8, 4) is 11.5 Å². The van der Waals surface area contributed by atoms with Crippen molar-refractivity contribution in [1.29, 1.82) is 0 Å². The Hall–Kier alpha value is -2.99. The molecule has 0 aliphatic carbocycles. The third kappa shape index (κ3) is 7.03. The highest BCUT2D eigenvalue weighted by atomic mass is 16.4. The summed E-state index contributed by atoms with van der Waals surface area (Å²) in [6.45, 7) is 7.12. The van der Waals surface area contributed by atoms with Crippen LogP contribution in [0.1, 0.15) is 51.2 Å². The fraction of sp³-hybridized carbons (Fsp3) is 0.400. The van der Waals surface area contributed by atoms with Crippen molar-refractivity contribution in [2.45, 2.75) is 46.1 Å². The number of hydrogen-bond acceptors (Lipinski definition) is 5. The Labute approximate surface area is 183 Å². The van der Waals surface area contributed by atoms with E-state index in [1.807, 2.05) is 60.7 Å². The van der Waals surface area contributed by atoms with E-state index in [1.54, 1.807) is 4.90 Å². The topological polar surface area (TPSA) is 79.5 Å². The summed E-state index contributed by atoms with van der Waals surface area (Å²) in [6.07, 6.45) is 0.797. The molecule has 1 N–H and O–H groups in total. The molecule has 0 fully saturated rings. The van der Waals surface area contributed by atoms with Crippen molar-refractivity contribution in [1.82, 2.24) is 15.1 Å². The first kappa shape index (κ1) is 22.7. The average molecular weight is 422 g/mol. The minimum atomic E-state index is -0.711. The predicted octanol–water partition coefficient (Wildman–Crippen LogP) is 4.67. The number of aryl methyl sites for hydroxylation is 1. The zero-order valence-electron chi connectivity index (χ0n) is 18.5. The molecule has 0 bridgehead atoms. The van der Waals surface area contributed by atoms with Gasteiger partial charge in [-0.2, -0.15) is 0 Å². The number of hydrogen-bond donors (Lipinski definition) is 1. The van der Waals surface area contributed by atoms with Gasteiger partial charge in [-0.15, -0.1) is 10.2 Å². The van der Waals surface area contributed by atoms with Crippen LogP contribution in [0.2, 0.25) is 0 Å². The first-order valence-corrected chi connectivity index (χ1v) is 10.7. The SMILES string of the molecule is CC(C)(C)CN(CC(O)c1ccccc1)C(=O)CCCc1nnc(-c2ccccc2)o1. The fourth-order valence-electron chi connectivity index (χ4n) is 3.42. The van der Waals surface area contributed by atoms with E-state index < -0.39 is 6.10 Å². The lowest BCUT2D eigenvalue weighted by molar-refractivity contribution is -0.134. The van der Waals surface area contributed by atoms with Crippen LogP contribution < -0.4 is 0 Å². The van der Waals surface area contributed by atoms with Gasteiger partial charge in [0.15, 0.2) is 0 Å². The highest BCUT2D eigenvalue weighted by Gasteiger charge is 2.24. The molecule has 1 heterocycles. The maximum Gasteiger partial charge on any atom is 0.247 e. The first-order valence-electron chi connectivity index (χ1n) is 10.7. The molecule has 0 aliphatic heterocycles. The van der Waals surface area contributed by atoms with Gasteiger partial charge in [0.05, 0.1) is 12.6 Å². The quantitative estimate of drug-likeness (QED) is 0.543. The Bertz CT molecular complexity index is 949. The van der Waals surface area contributed by atoms with Gasteiger partial charge >= 0.3 is 0 Å². The van der Waals surface area contributed by atoms with E-state index in [1.165, 1.54) is 0 Å². The molecule has 0 saturated heterocycles. The van der Waals surface area contributed by atoms with Crippen LogP contribution in [-0.4, -0.2) is 39.2 Å². The molecule has 0 radical (unpaired) electrons. The van der Waals surface area contributed by atoms with Crippen LogP contribution in [0.25, 0.3) is 11.5 Å². The van der Waals surface area contributed by atoms with Crippen molar-refractivity contribution in [3.05, 3.63) is 72.1 Å². The molecule has 31 heavy (non-hydrogen) atoms. The van der Waals surface area contributed by atoms with Crippen LogP contribution in [0.5, 0.6) is 0 Å². The molecule has 3 aromatic rings. The molecule has 1 unspecified atom stereocenters. The van der Waals surface area contributed by atoms with Gasteiger partial charge in [0.1, 0.15) is 0 Å². The van der Waals surface area contributed by atoms with Gasteiger partial charge in [0.25, 0.3) is 0 Å². The molecule has 6 nitrogen and oxygen atoms in total. The van der Waals surface area contributed by atoms with Gasteiger partial charge in [-0.3, -0.25) is 4.79 Å². The van der Waals surface area contributed by atoms with Crippen molar-refractivity contribution in [2.24, 2.45) is 5.41 Å². The molecular weight excluding hydrogens is 390 g/mol. The Morgan fingerprint density at radius 1 is 1.03 bits per heavy atom. The molecule has 3 rings (SSSR count). The Kier molecular flexibility index (Phi) is 7.58. The van der Waals surface area contributed by atoms with Gasteiger partial charge < -0.3 is 14.4 Å². The Morgan fingerprint density at radius 2 is 1.68 bits per heavy atom. The summed E-state index contributed by atoms with van der Waals surface area (Å²) in [5, 5.41) is 18.8. The Morgan fingerprint density at radius 3 is 2.32 bits per heavy atom. The predicted molar refractivity (Wildman–Crippen MR) is 120 cm³/mol. The maximum atomic E-state index is 13.0. The van der Waals surface area contributed by atoms with Gasteiger partial charge in [0.2, 0.25) is 17.7 Å². The van der Waals surface area contributed by atoms with Crippen molar-refractivity contribution < 1.29 is 14.3 Å². The molecule has 0 spiro atoms. The molecule has 1 aromatic heterocycles. The molecule has 1 atom stereocenters. The molecule has 0 saturated carbocycles. The standard InChI is InChI=1S/C25H31N3O3/c1-25(2,3)18-28(17-21(29)19-11-6-4-7-12-19)23(30)16-10-15-22-26-27-24(31-22)20-13-8-5-9-14-20/h4-9,11-14,21,29H,10,15-18H2,1-3H3. The van der Waals surface area contributed by atoms with E-state index in [2.05, 4.69) is 31.0 Å². The zero-order valence-corrected chi connectivity index (χ0v) is 18.5. The number of carbonyl (C=O) groups is 1. The van der Waals surface area contributed by atoms with Crippen molar-refractivity contribution >= 4 is 5.91 Å². The third-order valence-electron chi connectivity index (χ3n) is 4.86. The second kappa shape index (κ2) is 10.4. The molecule has 0 aliphatic rings. The second-order valence-corrected chi connectivity index (χ2v) is 8.98. The number of aliphatic hydroxyl groups excluding tert-OH is 1. The summed E-state index contributed by atoms with van der Waals surface area (Å²) < 4.78 is 5.73. The number of benzene rings is 2. The van der Waals surface area contributed by atoms with Crippen LogP contribution in [0, 0.1) is 5.41 Å². The Balaban J connectivity index is 1.57. The minimum absolute atomic E-state index is 0.0210. The lowest BCUT2D eigenvalue weighted by Gasteiger charge is -2.32. The zero-order chi connectivity index (χ0) is 22.3. The average Bonchev–Trinajstić information content (AvgIpc) is 3.22. The van der Waals surface area contributed by atoms with E-state index in [9.17, 15) is 9.90 Å². The summed E-state index contributed by atoms with van der Waals surface area (Å²) in [7, 11) is 0. The second-order valence-electron chi connectivity index (χ2n) is 8.98. The monoisotopic (exact) mass is 421 g/mol. The third-order valence-corrected chi connectivity index (χ3v) is 4.86. The highest BCUT2D eigenvalue weighted by molar-refractivity contribution is 5.76. The normalized spacial score (nSPS) is 12.5. The highest BCUT2D eigenvalue weighted by Crippen LogP contribution is 2.21. The number of rotatable bonds is 9. The summed E-state index contributed by atoms with van der Waals surface area (Å²) in [5.74, 6) is 1.04. The number of aromatic nitrogens is 2. The molecule has 2 aromatic carbocycles. The number of aliphatic hydroxyl groups is 1. The van der Waals surface area contributed by atoms with Gasteiger partial charge in [0, 0.05) is 24.9 Å². The molecule has 164 valence electrons. The van der Waals surface area contributed by atoms with Crippen LogP contribution in [0.3, 0.4) is 0 Å². The van der Waals surface area contributed by atoms with Gasteiger partial charge in [-0.25, -0.2) is 0 Å². The van der Waals surface area contributed by atoms with E-state index in [4.69, 9.17) is 4.42 Å². The maximum absolute atomic E-state index is 13.0. The van der Waals surface area contributed by atoms with Crippen LogP contribution in [0.4, 0.5) is 0 Å². The van der Waals surface area contributed by atoms with Crippen molar-refractivity contribution in [3.63, 3.8) is 0 Å². The van der Waals surface area contributed by atoms with Gasteiger partial charge in [-0.1, -0.05) is 69.3 Å². The lowest BCUT2D eigenvalue weighted by atomic mass is 9.95. The van der Waals surface area contributed by atoms with E-state index in [0.717, 1.165) is 11.1 Å². The summed E-state index contributed by atoms with van der Waals surface area (Å²) >= 11 is 0. The van der Waals surface area contributed by atoms with E-state index in [-0.39, 0.29) is 17.9 Å². The number of amides is 1. The number of carbonyl (C=O) groups excluding carboxylic acids is 1. The first-order chi connectivity index (χ1) is 14.8. The van der Waals surface area contributed by atoms with Crippen molar-refractivity contribution in [2.75, 3.05) is 13.1 Å².